The van der Waals surface area contributed by atoms with Gasteiger partial charge in [0.2, 0.25) is 0 Å². The summed E-state index contributed by atoms with van der Waals surface area (Å²) in [6, 6.07) is 15.0. The molecule has 0 bridgehead atoms. The molecule has 1 heterocycles. The Morgan fingerprint density at radius 3 is 2.82 bits per heavy atom. The summed E-state index contributed by atoms with van der Waals surface area (Å²) in [7, 11) is 0. The van der Waals surface area contributed by atoms with Crippen molar-refractivity contribution in [2.75, 3.05) is 0 Å². The van der Waals surface area contributed by atoms with Crippen LogP contribution in [-0.4, -0.2) is 11.4 Å². The van der Waals surface area contributed by atoms with Crippen LogP contribution in [0.5, 0.6) is 0 Å². The fraction of sp³-hybridized carbons (Fsp3) is 0. The molecule has 3 nitrogen and oxygen atoms in total. The molecule has 0 spiro atoms. The smallest absolute Gasteiger partial charge is 0.174 e. The lowest BCUT2D eigenvalue weighted by Crippen LogP contribution is -1.81. The third-order valence-electron chi connectivity index (χ3n) is 2.67. The van der Waals surface area contributed by atoms with Gasteiger partial charge in [0.25, 0.3) is 0 Å². The van der Waals surface area contributed by atoms with E-state index in [1.165, 1.54) is 0 Å². The van der Waals surface area contributed by atoms with Gasteiger partial charge in [-0.3, -0.25) is 4.79 Å². The van der Waals surface area contributed by atoms with Crippen LogP contribution in [0.15, 0.2) is 53.1 Å². The van der Waals surface area contributed by atoms with E-state index in [1.807, 2.05) is 36.4 Å². The predicted molar refractivity (Wildman–Crippen MR) is 64.8 cm³/mol. The average molecular weight is 223 g/mol. The van der Waals surface area contributed by atoms with Gasteiger partial charge in [-0.2, -0.15) is 0 Å². The molecular formula is C14H9NO2. The zero-order valence-corrected chi connectivity index (χ0v) is 8.96. The van der Waals surface area contributed by atoms with E-state index in [1.54, 1.807) is 12.1 Å². The van der Waals surface area contributed by atoms with Crippen molar-refractivity contribution in [1.82, 2.24) is 5.16 Å². The molecule has 0 N–H and O–H groups in total. The van der Waals surface area contributed by atoms with Gasteiger partial charge in [0.15, 0.2) is 5.76 Å². The molecule has 0 aliphatic rings. The number of fused-ring (bicyclic) bond motifs is 1. The maximum atomic E-state index is 10.7. The second kappa shape index (κ2) is 3.87. The zero-order chi connectivity index (χ0) is 11.7. The average Bonchev–Trinajstić information content (AvgIpc) is 2.82. The minimum absolute atomic E-state index is 0.628. The van der Waals surface area contributed by atoms with Gasteiger partial charge in [-0.05, 0) is 18.2 Å². The SMILES string of the molecule is O=Cc1cccc(-c2onc3ccccc23)c1. The normalized spacial score (nSPS) is 10.6. The number of carbonyl (C=O) groups excluding carboxylic acids is 1. The molecule has 82 valence electrons. The van der Waals surface area contributed by atoms with E-state index >= 15 is 0 Å². The Labute approximate surface area is 97.7 Å². The number of hydrogen-bond acceptors (Lipinski definition) is 3. The lowest BCUT2D eigenvalue weighted by molar-refractivity contribution is 0.112. The summed E-state index contributed by atoms with van der Waals surface area (Å²) in [6.07, 6.45) is 0.821. The fourth-order valence-corrected chi connectivity index (χ4v) is 1.85. The highest BCUT2D eigenvalue weighted by molar-refractivity contribution is 5.92. The Kier molecular flexibility index (Phi) is 2.22. The number of aldehydes is 1. The monoisotopic (exact) mass is 223 g/mol. The molecule has 0 fully saturated rings. The standard InChI is InChI=1S/C14H9NO2/c16-9-10-4-3-5-11(8-10)14-12-6-1-2-7-13(12)15-17-14/h1-9H. The molecule has 0 radical (unpaired) electrons. The summed E-state index contributed by atoms with van der Waals surface area (Å²) < 4.78 is 5.33. The van der Waals surface area contributed by atoms with Crippen molar-refractivity contribution in [3.8, 4) is 11.3 Å². The van der Waals surface area contributed by atoms with Crippen LogP contribution < -0.4 is 0 Å². The van der Waals surface area contributed by atoms with Gasteiger partial charge in [-0.15, -0.1) is 0 Å². The topological polar surface area (TPSA) is 43.1 Å². The highest BCUT2D eigenvalue weighted by Gasteiger charge is 2.09. The van der Waals surface area contributed by atoms with Gasteiger partial charge in [-0.1, -0.05) is 35.5 Å². The first-order valence-corrected chi connectivity index (χ1v) is 5.28. The minimum Gasteiger partial charge on any atom is -0.355 e. The highest BCUT2D eigenvalue weighted by atomic mass is 16.5. The lowest BCUT2D eigenvalue weighted by atomic mass is 10.1. The van der Waals surface area contributed by atoms with E-state index in [0.29, 0.717) is 11.3 Å². The predicted octanol–water partition coefficient (Wildman–Crippen LogP) is 3.31. The van der Waals surface area contributed by atoms with E-state index in [0.717, 1.165) is 22.8 Å². The molecule has 1 aromatic heterocycles. The molecule has 0 amide bonds. The summed E-state index contributed by atoms with van der Waals surface area (Å²) in [5.41, 5.74) is 2.31. The second-order valence-electron chi connectivity index (χ2n) is 3.77. The molecule has 0 atom stereocenters. The van der Waals surface area contributed by atoms with Crippen LogP contribution in [0, 0.1) is 0 Å². The molecule has 0 saturated carbocycles. The number of nitrogens with zero attached hydrogens (tertiary/aromatic N) is 1. The number of hydrogen-bond donors (Lipinski definition) is 0. The molecule has 0 aliphatic heterocycles. The van der Waals surface area contributed by atoms with Gasteiger partial charge < -0.3 is 4.52 Å². The first-order chi connectivity index (χ1) is 8.38. The van der Waals surface area contributed by atoms with Crippen molar-refractivity contribution in [3.63, 3.8) is 0 Å². The summed E-state index contributed by atoms with van der Waals surface area (Å²) in [6.45, 7) is 0. The maximum absolute atomic E-state index is 10.7. The van der Waals surface area contributed by atoms with Crippen LogP contribution in [0.4, 0.5) is 0 Å². The lowest BCUT2D eigenvalue weighted by Gasteiger charge is -1.97. The maximum Gasteiger partial charge on any atom is 0.174 e. The Morgan fingerprint density at radius 2 is 1.94 bits per heavy atom. The zero-order valence-electron chi connectivity index (χ0n) is 8.96. The first kappa shape index (κ1) is 9.78. The van der Waals surface area contributed by atoms with Crippen LogP contribution in [0.3, 0.4) is 0 Å². The van der Waals surface area contributed by atoms with Crippen LogP contribution in [0.25, 0.3) is 22.2 Å². The molecule has 3 heteroatoms. The van der Waals surface area contributed by atoms with Gasteiger partial charge in [0.05, 0.1) is 0 Å². The van der Waals surface area contributed by atoms with Gasteiger partial charge in [-0.25, -0.2) is 0 Å². The van der Waals surface area contributed by atoms with Crippen molar-refractivity contribution in [1.29, 1.82) is 0 Å². The minimum atomic E-state index is 0.628. The Balaban J connectivity index is 2.23. The van der Waals surface area contributed by atoms with Gasteiger partial charge in [0, 0.05) is 16.5 Å². The number of rotatable bonds is 2. The molecule has 0 aliphatic carbocycles. The van der Waals surface area contributed by atoms with E-state index in [-0.39, 0.29) is 0 Å². The summed E-state index contributed by atoms with van der Waals surface area (Å²) in [5.74, 6) is 0.698. The van der Waals surface area contributed by atoms with Crippen molar-refractivity contribution >= 4 is 17.2 Å². The van der Waals surface area contributed by atoms with E-state index in [4.69, 9.17) is 4.52 Å². The number of aromatic nitrogens is 1. The van der Waals surface area contributed by atoms with Crippen LogP contribution >= 0.6 is 0 Å². The van der Waals surface area contributed by atoms with Crippen LogP contribution in [0.2, 0.25) is 0 Å². The molecule has 0 unspecified atom stereocenters. The first-order valence-electron chi connectivity index (χ1n) is 5.28. The molecule has 17 heavy (non-hydrogen) atoms. The van der Waals surface area contributed by atoms with Gasteiger partial charge in [0.1, 0.15) is 11.8 Å². The van der Waals surface area contributed by atoms with Crippen molar-refractivity contribution in [2.24, 2.45) is 0 Å². The highest BCUT2D eigenvalue weighted by Crippen LogP contribution is 2.28. The van der Waals surface area contributed by atoms with E-state index in [2.05, 4.69) is 5.16 Å². The number of benzene rings is 2. The quantitative estimate of drug-likeness (QED) is 0.626. The Morgan fingerprint density at radius 1 is 1.06 bits per heavy atom. The van der Waals surface area contributed by atoms with Gasteiger partial charge >= 0.3 is 0 Å². The Hall–Kier alpha value is -2.42. The largest absolute Gasteiger partial charge is 0.355 e. The van der Waals surface area contributed by atoms with E-state index < -0.39 is 0 Å². The molecule has 3 rings (SSSR count). The summed E-state index contributed by atoms with van der Waals surface area (Å²) in [4.78, 5) is 10.7. The summed E-state index contributed by atoms with van der Waals surface area (Å²) in [5, 5.41) is 4.94. The van der Waals surface area contributed by atoms with E-state index in [9.17, 15) is 4.79 Å². The third kappa shape index (κ3) is 1.61. The second-order valence-corrected chi connectivity index (χ2v) is 3.77. The summed E-state index contributed by atoms with van der Waals surface area (Å²) >= 11 is 0. The van der Waals surface area contributed by atoms with Crippen molar-refractivity contribution < 1.29 is 9.32 Å². The van der Waals surface area contributed by atoms with Crippen molar-refractivity contribution in [2.45, 2.75) is 0 Å². The van der Waals surface area contributed by atoms with Crippen LogP contribution in [0.1, 0.15) is 10.4 Å². The molecule has 0 saturated heterocycles. The fourth-order valence-electron chi connectivity index (χ4n) is 1.85. The Bertz CT molecular complexity index is 685. The van der Waals surface area contributed by atoms with Crippen LogP contribution in [-0.2, 0) is 0 Å². The molecular weight excluding hydrogens is 214 g/mol. The van der Waals surface area contributed by atoms with Crippen molar-refractivity contribution in [3.05, 3.63) is 54.1 Å². The molecule has 2 aromatic carbocycles. The number of carbonyl (C=O) groups is 1. The third-order valence-corrected chi connectivity index (χ3v) is 2.67. The molecule has 3 aromatic rings.